The number of nitrogens with zero attached hydrogens (tertiary/aromatic N) is 2. The first-order chi connectivity index (χ1) is 13.4. The van der Waals surface area contributed by atoms with Crippen molar-refractivity contribution in [2.45, 2.75) is 63.6 Å². The van der Waals surface area contributed by atoms with Crippen molar-refractivity contribution in [3.05, 3.63) is 29.3 Å². The van der Waals surface area contributed by atoms with E-state index in [0.29, 0.717) is 18.9 Å². The number of likely N-dealkylation sites (tertiary alicyclic amines) is 1. The number of nitriles is 1. The van der Waals surface area contributed by atoms with Crippen molar-refractivity contribution in [1.29, 1.82) is 5.26 Å². The molecule has 2 fully saturated rings. The summed E-state index contributed by atoms with van der Waals surface area (Å²) in [5.74, 6) is -0.121. The van der Waals surface area contributed by atoms with Crippen LogP contribution in [0.25, 0.3) is 0 Å². The third kappa shape index (κ3) is 4.28. The molecule has 0 saturated carbocycles. The van der Waals surface area contributed by atoms with Crippen molar-refractivity contribution in [2.75, 3.05) is 13.2 Å². The van der Waals surface area contributed by atoms with Crippen molar-refractivity contribution >= 4 is 11.9 Å². The quantitative estimate of drug-likeness (QED) is 0.780. The van der Waals surface area contributed by atoms with Crippen LogP contribution in [-0.2, 0) is 4.79 Å². The molecule has 0 unspecified atom stereocenters. The maximum absolute atomic E-state index is 12.7. The smallest absolute Gasteiger partial charge is 0.335 e. The number of amides is 1. The van der Waals surface area contributed by atoms with Crippen LogP contribution in [-0.4, -0.2) is 53.2 Å². The summed E-state index contributed by atoms with van der Waals surface area (Å²) in [4.78, 5) is 25.6. The van der Waals surface area contributed by atoms with E-state index in [1.54, 1.807) is 23.1 Å². The van der Waals surface area contributed by atoms with E-state index in [1.165, 1.54) is 0 Å². The highest BCUT2D eigenvalue weighted by molar-refractivity contribution is 5.88. The zero-order valence-electron chi connectivity index (χ0n) is 16.4. The molecule has 2 aliphatic rings. The maximum atomic E-state index is 12.7. The second kappa shape index (κ2) is 8.61. The number of ether oxygens (including phenoxy) is 1. The van der Waals surface area contributed by atoms with Gasteiger partial charge in [0.15, 0.2) is 0 Å². The van der Waals surface area contributed by atoms with E-state index < -0.39 is 5.97 Å². The van der Waals surface area contributed by atoms with E-state index in [1.807, 2.05) is 13.8 Å². The molecule has 0 radical (unpaired) electrons. The van der Waals surface area contributed by atoms with E-state index in [4.69, 9.17) is 4.74 Å². The SMILES string of the molecule is CC(C)c1cc(C(=O)O)ccc1OC[C@H]1CC[C@H](C(=O)N2CCC[C@H]2C#N)N1. The van der Waals surface area contributed by atoms with E-state index in [9.17, 15) is 20.0 Å². The van der Waals surface area contributed by atoms with E-state index in [-0.39, 0.29) is 35.5 Å². The van der Waals surface area contributed by atoms with Gasteiger partial charge in [-0.1, -0.05) is 13.8 Å². The fourth-order valence-electron chi connectivity index (χ4n) is 3.96. The summed E-state index contributed by atoms with van der Waals surface area (Å²) in [5, 5.41) is 21.7. The minimum Gasteiger partial charge on any atom is -0.492 e. The molecule has 2 saturated heterocycles. The number of carboxylic acid groups (broad SMARTS) is 1. The second-order valence-corrected chi connectivity index (χ2v) is 7.84. The van der Waals surface area contributed by atoms with E-state index in [2.05, 4.69) is 11.4 Å². The van der Waals surface area contributed by atoms with Gasteiger partial charge in [0.25, 0.3) is 0 Å². The molecule has 2 N–H and O–H groups in total. The molecule has 1 amide bonds. The summed E-state index contributed by atoms with van der Waals surface area (Å²) in [7, 11) is 0. The molecular formula is C21H27N3O4. The largest absolute Gasteiger partial charge is 0.492 e. The van der Waals surface area contributed by atoms with Crippen molar-refractivity contribution in [1.82, 2.24) is 10.2 Å². The molecule has 1 aromatic rings. The molecule has 2 heterocycles. The summed E-state index contributed by atoms with van der Waals surface area (Å²) in [5.41, 5.74) is 1.11. The number of aromatic carboxylic acids is 1. The highest BCUT2D eigenvalue weighted by Crippen LogP contribution is 2.29. The minimum atomic E-state index is -0.954. The molecule has 2 aliphatic heterocycles. The van der Waals surface area contributed by atoms with Crippen LogP contribution >= 0.6 is 0 Å². The average Bonchev–Trinajstić information content (AvgIpc) is 3.34. The average molecular weight is 385 g/mol. The normalized spacial score (nSPS) is 24.4. The van der Waals surface area contributed by atoms with Crippen LogP contribution in [0.2, 0.25) is 0 Å². The zero-order chi connectivity index (χ0) is 20.3. The van der Waals surface area contributed by atoms with Gasteiger partial charge in [-0.2, -0.15) is 5.26 Å². The van der Waals surface area contributed by atoms with Crippen LogP contribution in [0.1, 0.15) is 61.4 Å². The Kier molecular flexibility index (Phi) is 6.20. The highest BCUT2D eigenvalue weighted by Gasteiger charge is 2.37. The van der Waals surface area contributed by atoms with Gasteiger partial charge >= 0.3 is 5.97 Å². The Balaban J connectivity index is 1.59. The topological polar surface area (TPSA) is 103 Å². The fraction of sp³-hybridized carbons (Fsp3) is 0.571. The fourth-order valence-corrected chi connectivity index (χ4v) is 3.96. The van der Waals surface area contributed by atoms with Crippen molar-refractivity contribution in [3.63, 3.8) is 0 Å². The number of rotatable bonds is 6. The second-order valence-electron chi connectivity index (χ2n) is 7.84. The van der Waals surface area contributed by atoms with Crippen LogP contribution in [0, 0.1) is 11.3 Å². The monoisotopic (exact) mass is 385 g/mol. The third-order valence-electron chi connectivity index (χ3n) is 5.54. The highest BCUT2D eigenvalue weighted by atomic mass is 16.5. The van der Waals surface area contributed by atoms with E-state index >= 15 is 0 Å². The lowest BCUT2D eigenvalue weighted by atomic mass is 9.99. The molecular weight excluding hydrogens is 358 g/mol. The summed E-state index contributed by atoms with van der Waals surface area (Å²) < 4.78 is 5.98. The first-order valence-electron chi connectivity index (χ1n) is 9.87. The van der Waals surface area contributed by atoms with Gasteiger partial charge in [0.2, 0.25) is 5.91 Å². The summed E-state index contributed by atoms with van der Waals surface area (Å²) in [6.45, 7) is 5.07. The molecule has 0 bridgehead atoms. The summed E-state index contributed by atoms with van der Waals surface area (Å²) >= 11 is 0. The first-order valence-corrected chi connectivity index (χ1v) is 9.87. The predicted molar refractivity (Wildman–Crippen MR) is 103 cm³/mol. The number of benzene rings is 1. The summed E-state index contributed by atoms with van der Waals surface area (Å²) in [6, 6.07) is 6.62. The number of hydrogen-bond acceptors (Lipinski definition) is 5. The standard InChI is InChI=1S/C21H27N3O4/c1-13(2)17-10-14(21(26)27)5-8-19(17)28-12-15-6-7-18(23-15)20(25)24-9-3-4-16(24)11-22/h5,8,10,13,15-16,18,23H,3-4,6-7,9,12H2,1-2H3,(H,26,27)/t15-,16+,18-/m1/s1. The Morgan fingerprint density at radius 2 is 2.14 bits per heavy atom. The molecule has 0 aliphatic carbocycles. The Morgan fingerprint density at radius 1 is 1.36 bits per heavy atom. The molecule has 7 nitrogen and oxygen atoms in total. The van der Waals surface area contributed by atoms with Crippen LogP contribution in [0.3, 0.4) is 0 Å². The number of hydrogen-bond donors (Lipinski definition) is 2. The van der Waals surface area contributed by atoms with Gasteiger partial charge in [0.1, 0.15) is 18.4 Å². The van der Waals surface area contributed by atoms with Gasteiger partial charge in [0, 0.05) is 12.6 Å². The third-order valence-corrected chi connectivity index (χ3v) is 5.54. The Labute approximate surface area is 165 Å². The minimum absolute atomic E-state index is 0.0141. The number of nitrogens with one attached hydrogen (secondary N) is 1. The van der Waals surface area contributed by atoms with Gasteiger partial charge in [-0.25, -0.2) is 4.79 Å². The maximum Gasteiger partial charge on any atom is 0.335 e. The van der Waals surface area contributed by atoms with Crippen molar-refractivity contribution < 1.29 is 19.4 Å². The lowest BCUT2D eigenvalue weighted by Gasteiger charge is -2.24. The lowest BCUT2D eigenvalue weighted by Crippen LogP contribution is -2.47. The van der Waals surface area contributed by atoms with Gasteiger partial charge in [-0.05, 0) is 55.4 Å². The Hall–Kier alpha value is -2.59. The molecule has 28 heavy (non-hydrogen) atoms. The van der Waals surface area contributed by atoms with Crippen molar-refractivity contribution in [2.24, 2.45) is 0 Å². The zero-order valence-corrected chi connectivity index (χ0v) is 16.4. The molecule has 0 aromatic heterocycles. The Morgan fingerprint density at radius 3 is 2.82 bits per heavy atom. The predicted octanol–water partition coefficient (Wildman–Crippen LogP) is 2.52. The number of carboxylic acids is 1. The molecule has 0 spiro atoms. The molecule has 150 valence electrons. The lowest BCUT2D eigenvalue weighted by molar-refractivity contribution is -0.133. The number of carbonyl (C=O) groups excluding carboxylic acids is 1. The van der Waals surface area contributed by atoms with Crippen LogP contribution in [0.15, 0.2) is 18.2 Å². The van der Waals surface area contributed by atoms with Crippen LogP contribution in [0.5, 0.6) is 5.75 Å². The van der Waals surface area contributed by atoms with Gasteiger partial charge in [-0.15, -0.1) is 0 Å². The molecule has 7 heteroatoms. The van der Waals surface area contributed by atoms with Gasteiger partial charge in [0.05, 0.1) is 17.7 Å². The van der Waals surface area contributed by atoms with Crippen molar-refractivity contribution in [3.8, 4) is 11.8 Å². The van der Waals surface area contributed by atoms with Crippen LogP contribution < -0.4 is 10.1 Å². The number of carbonyl (C=O) groups is 2. The molecule has 1 aromatic carbocycles. The summed E-state index contributed by atoms with van der Waals surface area (Å²) in [6.07, 6.45) is 3.20. The first kappa shape index (κ1) is 20.2. The van der Waals surface area contributed by atoms with Crippen LogP contribution in [0.4, 0.5) is 0 Å². The van der Waals surface area contributed by atoms with E-state index in [0.717, 1.165) is 31.2 Å². The molecule has 3 rings (SSSR count). The van der Waals surface area contributed by atoms with Gasteiger partial charge in [-0.3, -0.25) is 10.1 Å². The Bertz CT molecular complexity index is 786. The van der Waals surface area contributed by atoms with Gasteiger partial charge < -0.3 is 14.7 Å². The molecule has 3 atom stereocenters.